The van der Waals surface area contributed by atoms with Gasteiger partial charge in [-0.3, -0.25) is 9.59 Å². The molecule has 1 aliphatic heterocycles. The zero-order valence-corrected chi connectivity index (χ0v) is 22.5. The minimum Gasteiger partial charge on any atom is -0.318 e. The number of likely N-dealkylation sites (N-methyl/N-ethyl adjacent to an activating group) is 1. The van der Waals surface area contributed by atoms with Crippen LogP contribution < -0.4 is 5.32 Å². The van der Waals surface area contributed by atoms with E-state index in [1.807, 2.05) is 6.07 Å². The largest absolute Gasteiger partial charge is 0.318 e. The summed E-state index contributed by atoms with van der Waals surface area (Å²) >= 11 is 2.42. The van der Waals surface area contributed by atoms with Crippen LogP contribution in [0.1, 0.15) is 64.8 Å². The molecule has 0 bridgehead atoms. The molecule has 0 atom stereocenters. The van der Waals surface area contributed by atoms with Gasteiger partial charge in [0.25, 0.3) is 5.91 Å². The monoisotopic (exact) mass is 541 g/mol. The summed E-state index contributed by atoms with van der Waals surface area (Å²) in [5.74, 6) is -0.788. The summed E-state index contributed by atoms with van der Waals surface area (Å²) in [4.78, 5) is 31.6. The van der Waals surface area contributed by atoms with Crippen LogP contribution in [0, 0.1) is 23.5 Å². The number of thiazole rings is 1. The summed E-state index contributed by atoms with van der Waals surface area (Å²) in [5.41, 5.74) is 4.88. The van der Waals surface area contributed by atoms with E-state index in [0.29, 0.717) is 15.7 Å². The number of hydrogen-bond acceptors (Lipinski definition) is 6. The summed E-state index contributed by atoms with van der Waals surface area (Å²) in [6, 6.07) is 3.91. The number of benzene rings is 1. The van der Waals surface area contributed by atoms with Crippen molar-refractivity contribution in [3.63, 3.8) is 0 Å². The Labute approximate surface area is 223 Å². The van der Waals surface area contributed by atoms with E-state index < -0.39 is 17.5 Å². The molecule has 37 heavy (non-hydrogen) atoms. The number of thiophene rings is 1. The summed E-state index contributed by atoms with van der Waals surface area (Å²) in [7, 11) is 2.12. The van der Waals surface area contributed by atoms with E-state index in [4.69, 9.17) is 0 Å². The lowest BCUT2D eigenvalue weighted by Gasteiger charge is -2.35. The van der Waals surface area contributed by atoms with Crippen molar-refractivity contribution in [2.45, 2.75) is 39.0 Å². The lowest BCUT2D eigenvalue weighted by Crippen LogP contribution is -2.31. The lowest BCUT2D eigenvalue weighted by atomic mass is 9.75. The Bertz CT molecular complexity index is 1340. The van der Waals surface area contributed by atoms with Gasteiger partial charge in [0.1, 0.15) is 17.3 Å². The van der Waals surface area contributed by atoms with E-state index in [1.54, 1.807) is 0 Å². The number of hydrogen-bond donors (Lipinski definition) is 1. The third-order valence-corrected chi connectivity index (χ3v) is 9.19. The number of aldehydes is 1. The minimum absolute atomic E-state index is 0.0741. The molecule has 0 spiro atoms. The molecule has 2 aliphatic rings. The second-order valence-electron chi connectivity index (χ2n) is 10.1. The molecular formula is C28H29F2N3O2S2. The Morgan fingerprint density at radius 1 is 1.14 bits per heavy atom. The van der Waals surface area contributed by atoms with Crippen molar-refractivity contribution < 1.29 is 18.4 Å². The average molecular weight is 542 g/mol. The Balaban J connectivity index is 1.49. The zero-order valence-electron chi connectivity index (χ0n) is 20.9. The number of nitrogens with zero attached hydrogens (tertiary/aromatic N) is 2. The van der Waals surface area contributed by atoms with E-state index in [1.165, 1.54) is 57.6 Å². The second-order valence-corrected chi connectivity index (χ2v) is 11.9. The molecule has 5 nitrogen and oxygen atoms in total. The third-order valence-electron chi connectivity index (χ3n) is 7.51. The van der Waals surface area contributed by atoms with Crippen LogP contribution in [0.15, 0.2) is 34.7 Å². The van der Waals surface area contributed by atoms with Gasteiger partial charge in [0.05, 0.1) is 16.1 Å². The molecule has 1 aliphatic carbocycles. The molecule has 9 heteroatoms. The standard InChI is InChI=1S/C28H29F2N3O2S2/c1-16-3-5-17(6-4-16)21-12-33(2)8-7-18(21)19-10-26(37-27(19)13-34)20-9-23(30)24(11-22(20)29)32-28(35)25-14-36-15-31-25/h9-11,13-17H,3-8,12H2,1-2H3,(H,32,35). The molecule has 1 saturated carbocycles. The molecule has 5 rings (SSSR count). The van der Waals surface area contributed by atoms with Crippen LogP contribution in [-0.4, -0.2) is 42.2 Å². The van der Waals surface area contributed by atoms with Crippen molar-refractivity contribution in [2.75, 3.05) is 25.5 Å². The Hall–Kier alpha value is -2.75. The highest BCUT2D eigenvalue weighted by Gasteiger charge is 2.29. The van der Waals surface area contributed by atoms with Gasteiger partial charge < -0.3 is 10.2 Å². The third kappa shape index (κ3) is 5.44. The molecular weight excluding hydrogens is 512 g/mol. The van der Waals surface area contributed by atoms with Gasteiger partial charge in [0.15, 0.2) is 6.29 Å². The van der Waals surface area contributed by atoms with E-state index in [-0.39, 0.29) is 16.9 Å². The molecule has 0 unspecified atom stereocenters. The molecule has 2 aromatic heterocycles. The smallest absolute Gasteiger partial charge is 0.275 e. The maximum Gasteiger partial charge on any atom is 0.275 e. The molecule has 0 saturated heterocycles. The van der Waals surface area contributed by atoms with Crippen molar-refractivity contribution in [3.8, 4) is 10.4 Å². The van der Waals surface area contributed by atoms with Crippen LogP contribution in [0.5, 0.6) is 0 Å². The maximum atomic E-state index is 15.2. The molecule has 3 aromatic rings. The molecule has 3 heterocycles. The molecule has 0 radical (unpaired) electrons. The van der Waals surface area contributed by atoms with Gasteiger partial charge in [-0.15, -0.1) is 22.7 Å². The highest BCUT2D eigenvalue weighted by atomic mass is 32.1. The fraction of sp³-hybridized carbons (Fsp3) is 0.393. The van der Waals surface area contributed by atoms with E-state index in [2.05, 4.69) is 29.2 Å². The number of carbonyl (C=O) groups is 2. The number of amides is 1. The van der Waals surface area contributed by atoms with E-state index >= 15 is 4.39 Å². The first-order chi connectivity index (χ1) is 17.8. The van der Waals surface area contributed by atoms with Gasteiger partial charge >= 0.3 is 0 Å². The fourth-order valence-corrected chi connectivity index (χ4v) is 6.98. The van der Waals surface area contributed by atoms with Crippen LogP contribution in [0.25, 0.3) is 16.0 Å². The van der Waals surface area contributed by atoms with Crippen LogP contribution in [0.3, 0.4) is 0 Å². The van der Waals surface area contributed by atoms with Crippen molar-refractivity contribution >= 4 is 46.1 Å². The average Bonchev–Trinajstić information content (AvgIpc) is 3.57. The van der Waals surface area contributed by atoms with Crippen molar-refractivity contribution in [1.29, 1.82) is 0 Å². The second kappa shape index (κ2) is 10.9. The molecule has 194 valence electrons. The van der Waals surface area contributed by atoms with Crippen LogP contribution >= 0.6 is 22.7 Å². The Kier molecular flexibility index (Phi) is 7.65. The Morgan fingerprint density at radius 3 is 2.62 bits per heavy atom. The number of anilines is 1. The van der Waals surface area contributed by atoms with E-state index in [0.717, 1.165) is 62.3 Å². The van der Waals surface area contributed by atoms with E-state index in [9.17, 15) is 14.0 Å². The number of aromatic nitrogens is 1. The summed E-state index contributed by atoms with van der Waals surface area (Å²) in [6.45, 7) is 4.06. The van der Waals surface area contributed by atoms with Crippen molar-refractivity contribution in [1.82, 2.24) is 9.88 Å². The van der Waals surface area contributed by atoms with Crippen molar-refractivity contribution in [3.05, 3.63) is 62.4 Å². The normalized spacial score (nSPS) is 20.8. The van der Waals surface area contributed by atoms with Gasteiger partial charge in [-0.05, 0) is 67.0 Å². The quantitative estimate of drug-likeness (QED) is 0.337. The number of nitrogens with one attached hydrogen (secondary N) is 1. The van der Waals surface area contributed by atoms with Crippen LogP contribution in [0.2, 0.25) is 0 Å². The SMILES string of the molecule is CC1CCC(C2=C(c3cc(-c4cc(F)c(NC(=O)c5cscn5)cc4F)sc3C=O)CCN(C)C2)CC1. The molecule has 1 N–H and O–H groups in total. The minimum atomic E-state index is -0.752. The van der Waals surface area contributed by atoms with Crippen molar-refractivity contribution in [2.24, 2.45) is 11.8 Å². The van der Waals surface area contributed by atoms with Crippen LogP contribution in [-0.2, 0) is 0 Å². The number of rotatable bonds is 6. The summed E-state index contributed by atoms with van der Waals surface area (Å²) < 4.78 is 30.2. The summed E-state index contributed by atoms with van der Waals surface area (Å²) in [6.07, 6.45) is 6.36. The lowest BCUT2D eigenvalue weighted by molar-refractivity contribution is 0.102. The predicted octanol–water partition coefficient (Wildman–Crippen LogP) is 7.13. The zero-order chi connectivity index (χ0) is 26.1. The molecule has 1 aromatic carbocycles. The van der Waals surface area contributed by atoms with Gasteiger partial charge in [-0.25, -0.2) is 13.8 Å². The molecule has 1 amide bonds. The van der Waals surface area contributed by atoms with Gasteiger partial charge in [0, 0.05) is 35.0 Å². The Morgan fingerprint density at radius 2 is 1.92 bits per heavy atom. The summed E-state index contributed by atoms with van der Waals surface area (Å²) in [5, 5.41) is 3.92. The topological polar surface area (TPSA) is 62.3 Å². The first kappa shape index (κ1) is 25.9. The first-order valence-corrected chi connectivity index (χ1v) is 14.3. The fourth-order valence-electron chi connectivity index (χ4n) is 5.42. The first-order valence-electron chi connectivity index (χ1n) is 12.5. The van der Waals surface area contributed by atoms with Gasteiger partial charge in [-0.2, -0.15) is 0 Å². The predicted molar refractivity (Wildman–Crippen MR) is 145 cm³/mol. The number of halogens is 2. The maximum absolute atomic E-state index is 15.2. The van der Waals surface area contributed by atoms with Gasteiger partial charge in [0.2, 0.25) is 0 Å². The molecule has 1 fully saturated rings. The number of carbonyl (C=O) groups excluding carboxylic acids is 2. The highest BCUT2D eigenvalue weighted by molar-refractivity contribution is 7.17. The highest BCUT2D eigenvalue weighted by Crippen LogP contribution is 2.43. The van der Waals surface area contributed by atoms with Gasteiger partial charge in [-0.1, -0.05) is 19.8 Å². The van der Waals surface area contributed by atoms with Crippen LogP contribution in [0.4, 0.5) is 14.5 Å².